The maximum Gasteiger partial charge on any atom is 0.416 e. The average molecular weight is 335 g/mol. The van der Waals surface area contributed by atoms with Gasteiger partial charge in [0.05, 0.1) is 5.56 Å². The first-order valence-corrected chi connectivity index (χ1v) is 6.12. The fourth-order valence-corrected chi connectivity index (χ4v) is 2.17. The Kier molecular flexibility index (Phi) is 3.69. The molecule has 0 aliphatic rings. The standard InChI is InChI=1S/C12H10BrF3N2O/c1-18-5-4-17-11(18)10(19)8-6-7(12(14,15)16)2-3-9(8)13/h2-6,10,19H,1H3. The highest BCUT2D eigenvalue weighted by atomic mass is 79.9. The van der Waals surface area contributed by atoms with E-state index >= 15 is 0 Å². The van der Waals surface area contributed by atoms with Gasteiger partial charge in [0.2, 0.25) is 0 Å². The van der Waals surface area contributed by atoms with Crippen molar-refractivity contribution >= 4 is 15.9 Å². The molecule has 1 heterocycles. The Morgan fingerprint density at radius 2 is 2.05 bits per heavy atom. The average Bonchev–Trinajstić information content (AvgIpc) is 2.73. The minimum Gasteiger partial charge on any atom is -0.380 e. The summed E-state index contributed by atoms with van der Waals surface area (Å²) in [5, 5.41) is 10.2. The molecule has 1 unspecified atom stereocenters. The van der Waals surface area contributed by atoms with E-state index in [1.165, 1.54) is 12.3 Å². The van der Waals surface area contributed by atoms with Crippen molar-refractivity contribution in [3.63, 3.8) is 0 Å². The van der Waals surface area contributed by atoms with Gasteiger partial charge in [-0.15, -0.1) is 0 Å². The summed E-state index contributed by atoms with van der Waals surface area (Å²) >= 11 is 3.14. The maximum absolute atomic E-state index is 12.7. The van der Waals surface area contributed by atoms with Crippen LogP contribution in [0.3, 0.4) is 0 Å². The minimum atomic E-state index is -4.45. The van der Waals surface area contributed by atoms with Crippen LogP contribution in [-0.2, 0) is 13.2 Å². The lowest BCUT2D eigenvalue weighted by molar-refractivity contribution is -0.137. The molecule has 102 valence electrons. The molecule has 2 rings (SSSR count). The second-order valence-corrected chi connectivity index (χ2v) is 4.89. The normalized spacial score (nSPS) is 13.6. The summed E-state index contributed by atoms with van der Waals surface area (Å²) < 4.78 is 40.0. The third kappa shape index (κ3) is 2.82. The highest BCUT2D eigenvalue weighted by Crippen LogP contribution is 2.35. The number of imidazole rings is 1. The molecule has 3 nitrogen and oxygen atoms in total. The molecule has 0 aliphatic heterocycles. The van der Waals surface area contributed by atoms with Gasteiger partial charge in [-0.2, -0.15) is 13.2 Å². The lowest BCUT2D eigenvalue weighted by Crippen LogP contribution is -2.11. The van der Waals surface area contributed by atoms with Gasteiger partial charge in [0, 0.05) is 29.5 Å². The van der Waals surface area contributed by atoms with Crippen LogP contribution in [0.1, 0.15) is 23.1 Å². The van der Waals surface area contributed by atoms with Crippen molar-refractivity contribution < 1.29 is 18.3 Å². The number of hydrogen-bond acceptors (Lipinski definition) is 2. The van der Waals surface area contributed by atoms with Gasteiger partial charge >= 0.3 is 6.18 Å². The monoisotopic (exact) mass is 334 g/mol. The van der Waals surface area contributed by atoms with Gasteiger partial charge in [0.25, 0.3) is 0 Å². The fourth-order valence-electron chi connectivity index (χ4n) is 1.71. The molecule has 1 N–H and O–H groups in total. The number of alkyl halides is 3. The number of nitrogens with zero attached hydrogens (tertiary/aromatic N) is 2. The van der Waals surface area contributed by atoms with E-state index in [4.69, 9.17) is 0 Å². The molecule has 7 heteroatoms. The summed E-state index contributed by atoms with van der Waals surface area (Å²) in [6, 6.07) is 3.15. The SMILES string of the molecule is Cn1ccnc1C(O)c1cc(C(F)(F)F)ccc1Br. The Morgan fingerprint density at radius 1 is 1.37 bits per heavy atom. The van der Waals surface area contributed by atoms with Crippen LogP contribution in [0, 0.1) is 0 Å². The van der Waals surface area contributed by atoms with E-state index in [9.17, 15) is 18.3 Å². The number of halogens is 4. The molecule has 1 atom stereocenters. The zero-order valence-electron chi connectivity index (χ0n) is 9.82. The van der Waals surface area contributed by atoms with Gasteiger partial charge in [0.1, 0.15) is 11.9 Å². The van der Waals surface area contributed by atoms with Gasteiger partial charge in [-0.3, -0.25) is 0 Å². The number of rotatable bonds is 2. The van der Waals surface area contributed by atoms with E-state index in [1.807, 2.05) is 0 Å². The maximum atomic E-state index is 12.7. The van der Waals surface area contributed by atoms with Crippen LogP contribution in [0.5, 0.6) is 0 Å². The Bertz CT molecular complexity index is 595. The van der Waals surface area contributed by atoms with Crippen LogP contribution in [0.2, 0.25) is 0 Å². The molecule has 1 aromatic heterocycles. The summed E-state index contributed by atoms with van der Waals surface area (Å²) in [5.41, 5.74) is -0.678. The lowest BCUT2D eigenvalue weighted by atomic mass is 10.1. The van der Waals surface area contributed by atoms with Crippen molar-refractivity contribution in [2.24, 2.45) is 7.05 Å². The number of aryl methyl sites for hydroxylation is 1. The molecule has 0 saturated heterocycles. The van der Waals surface area contributed by atoms with Gasteiger partial charge in [-0.05, 0) is 18.2 Å². The van der Waals surface area contributed by atoms with Crippen LogP contribution in [0.25, 0.3) is 0 Å². The van der Waals surface area contributed by atoms with Crippen molar-refractivity contribution in [2.45, 2.75) is 12.3 Å². The molecule has 1 aromatic carbocycles. The van der Waals surface area contributed by atoms with Crippen molar-refractivity contribution in [1.82, 2.24) is 9.55 Å². The van der Waals surface area contributed by atoms with Crippen molar-refractivity contribution in [2.75, 3.05) is 0 Å². The first kappa shape index (κ1) is 14.1. The number of aliphatic hydroxyl groups excluding tert-OH is 1. The summed E-state index contributed by atoms with van der Waals surface area (Å²) in [7, 11) is 1.66. The van der Waals surface area contributed by atoms with E-state index in [2.05, 4.69) is 20.9 Å². The molecule has 0 saturated carbocycles. The second-order valence-electron chi connectivity index (χ2n) is 4.03. The van der Waals surface area contributed by atoms with Crippen LogP contribution in [0.4, 0.5) is 13.2 Å². The zero-order valence-corrected chi connectivity index (χ0v) is 11.4. The fraction of sp³-hybridized carbons (Fsp3) is 0.250. The largest absolute Gasteiger partial charge is 0.416 e. The first-order chi connectivity index (χ1) is 8.80. The smallest absolute Gasteiger partial charge is 0.380 e. The quantitative estimate of drug-likeness (QED) is 0.915. The first-order valence-electron chi connectivity index (χ1n) is 5.32. The molecule has 0 aliphatic carbocycles. The highest BCUT2D eigenvalue weighted by Gasteiger charge is 2.32. The molecular weight excluding hydrogens is 325 g/mol. The zero-order chi connectivity index (χ0) is 14.2. The van der Waals surface area contributed by atoms with Gasteiger partial charge < -0.3 is 9.67 Å². The number of benzene rings is 1. The van der Waals surface area contributed by atoms with Crippen LogP contribution in [-0.4, -0.2) is 14.7 Å². The lowest BCUT2D eigenvalue weighted by Gasteiger charge is -2.15. The predicted molar refractivity (Wildman–Crippen MR) is 66.4 cm³/mol. The molecule has 2 aromatic rings. The molecule has 0 spiro atoms. The Hall–Kier alpha value is -1.34. The second kappa shape index (κ2) is 4.97. The van der Waals surface area contributed by atoms with Crippen LogP contribution >= 0.6 is 15.9 Å². The van der Waals surface area contributed by atoms with E-state index < -0.39 is 17.8 Å². The predicted octanol–water partition coefficient (Wildman–Crippen LogP) is 3.28. The molecule has 19 heavy (non-hydrogen) atoms. The summed E-state index contributed by atoms with van der Waals surface area (Å²) in [5.74, 6) is 0.278. The van der Waals surface area contributed by atoms with Crippen LogP contribution < -0.4 is 0 Å². The number of aliphatic hydroxyl groups is 1. The van der Waals surface area contributed by atoms with E-state index in [0.29, 0.717) is 4.47 Å². The van der Waals surface area contributed by atoms with Gasteiger partial charge in [-0.25, -0.2) is 4.98 Å². The minimum absolute atomic E-state index is 0.129. The van der Waals surface area contributed by atoms with E-state index in [0.717, 1.165) is 12.1 Å². The van der Waals surface area contributed by atoms with Crippen LogP contribution in [0.15, 0.2) is 35.1 Å². The third-order valence-corrected chi connectivity index (χ3v) is 3.44. The molecular formula is C12H10BrF3N2O. The third-order valence-electron chi connectivity index (χ3n) is 2.72. The Labute approximate surface area is 115 Å². The van der Waals surface area contributed by atoms with Crippen molar-refractivity contribution in [3.05, 3.63) is 52.0 Å². The number of hydrogen-bond donors (Lipinski definition) is 1. The summed E-state index contributed by atoms with van der Waals surface area (Å²) in [4.78, 5) is 3.94. The summed E-state index contributed by atoms with van der Waals surface area (Å²) in [6.07, 6.45) is -2.59. The number of aromatic nitrogens is 2. The summed E-state index contributed by atoms with van der Waals surface area (Å²) in [6.45, 7) is 0. The molecule has 0 amide bonds. The van der Waals surface area contributed by atoms with Gasteiger partial charge in [0.15, 0.2) is 0 Å². The van der Waals surface area contributed by atoms with Gasteiger partial charge in [-0.1, -0.05) is 15.9 Å². The molecule has 0 radical (unpaired) electrons. The molecule has 0 bridgehead atoms. The van der Waals surface area contributed by atoms with E-state index in [-0.39, 0.29) is 11.4 Å². The van der Waals surface area contributed by atoms with Crippen molar-refractivity contribution in [1.29, 1.82) is 0 Å². The van der Waals surface area contributed by atoms with E-state index in [1.54, 1.807) is 17.8 Å². The Balaban J connectivity index is 2.47. The highest BCUT2D eigenvalue weighted by molar-refractivity contribution is 9.10. The van der Waals surface area contributed by atoms with Crippen molar-refractivity contribution in [3.8, 4) is 0 Å². The molecule has 0 fully saturated rings. The topological polar surface area (TPSA) is 38.0 Å². The Morgan fingerprint density at radius 3 is 2.58 bits per heavy atom.